The van der Waals surface area contributed by atoms with E-state index >= 15 is 0 Å². The Morgan fingerprint density at radius 1 is 0.853 bits per heavy atom. The normalized spacial score (nSPS) is 12.5. The van der Waals surface area contributed by atoms with Crippen LogP contribution in [0.25, 0.3) is 0 Å². The summed E-state index contributed by atoms with van der Waals surface area (Å²) >= 11 is 6.07. The Balaban J connectivity index is 2.26. The highest BCUT2D eigenvalue weighted by atomic mass is 32.2. The first kappa shape index (κ1) is 26.1. The first-order valence-electron chi connectivity index (χ1n) is 9.82. The Morgan fingerprint density at radius 2 is 1.29 bits per heavy atom. The summed E-state index contributed by atoms with van der Waals surface area (Å²) in [6.07, 6.45) is 0.326. The highest BCUT2D eigenvalue weighted by molar-refractivity contribution is 8.22. The van der Waals surface area contributed by atoms with Gasteiger partial charge in [-0.05, 0) is 55.2 Å². The summed E-state index contributed by atoms with van der Waals surface area (Å²) in [5.74, 6) is -9.79. The summed E-state index contributed by atoms with van der Waals surface area (Å²) in [5.41, 5.74) is -2.24. The van der Waals surface area contributed by atoms with E-state index in [1.165, 1.54) is 6.92 Å². The molecule has 3 aromatic rings. The second kappa shape index (κ2) is 10.8. The summed E-state index contributed by atoms with van der Waals surface area (Å²) in [4.78, 5) is 0. The maximum Gasteiger partial charge on any atom is 0.221 e. The fourth-order valence-electron chi connectivity index (χ4n) is 3.46. The van der Waals surface area contributed by atoms with Crippen LogP contribution in [-0.2, 0) is 21.7 Å². The van der Waals surface area contributed by atoms with Crippen LogP contribution in [0, 0.1) is 34.9 Å². The average Bonchev–Trinajstić information content (AvgIpc) is 2.82. The van der Waals surface area contributed by atoms with Crippen molar-refractivity contribution < 1.29 is 35.8 Å². The van der Waals surface area contributed by atoms with Crippen molar-refractivity contribution >= 4 is 28.4 Å². The van der Waals surface area contributed by atoms with E-state index in [4.69, 9.17) is 21.7 Å². The van der Waals surface area contributed by atoms with Crippen LogP contribution in [0.5, 0.6) is 0 Å². The molecule has 0 aliphatic heterocycles. The molecule has 1 atom stereocenters. The van der Waals surface area contributed by atoms with Crippen molar-refractivity contribution in [3.05, 3.63) is 106 Å². The Morgan fingerprint density at radius 3 is 1.71 bits per heavy atom. The van der Waals surface area contributed by atoms with Crippen LogP contribution in [-0.4, -0.2) is 16.7 Å². The molecule has 0 spiro atoms. The van der Waals surface area contributed by atoms with E-state index in [0.717, 1.165) is 11.8 Å². The zero-order valence-electron chi connectivity index (χ0n) is 17.9. The molecule has 0 fully saturated rings. The number of benzene rings is 3. The van der Waals surface area contributed by atoms with E-state index < -0.39 is 46.6 Å². The van der Waals surface area contributed by atoms with Gasteiger partial charge in [0.15, 0.2) is 40.5 Å². The monoisotopic (exact) mass is 516 g/mol. The van der Waals surface area contributed by atoms with Crippen molar-refractivity contribution in [1.82, 2.24) is 0 Å². The smallest absolute Gasteiger partial charge is 0.221 e. The van der Waals surface area contributed by atoms with Gasteiger partial charge in [0.2, 0.25) is 4.38 Å². The third-order valence-corrected chi connectivity index (χ3v) is 6.15. The lowest BCUT2D eigenvalue weighted by Gasteiger charge is -2.40. The third-order valence-electron chi connectivity index (χ3n) is 5.15. The molecule has 0 saturated carbocycles. The standard InChI is InChI=1S/C24H18F6O2S2/c1-13(31-12-14-6-4-3-5-7-14)24(32-23(33)34-2,15-8-17(25)21(29)18(26)9-15)16-10-19(27)22(30)20(28)11-16/h3-11,13H,12H2,1-2H3/t13-/m0/s1. The van der Waals surface area contributed by atoms with E-state index in [-0.39, 0.29) is 22.1 Å². The first-order chi connectivity index (χ1) is 16.1. The molecule has 0 aliphatic carbocycles. The highest BCUT2D eigenvalue weighted by Gasteiger charge is 2.46. The van der Waals surface area contributed by atoms with Crippen molar-refractivity contribution in [1.29, 1.82) is 0 Å². The lowest BCUT2D eigenvalue weighted by Crippen LogP contribution is -2.44. The minimum Gasteiger partial charge on any atom is -0.459 e. The lowest BCUT2D eigenvalue weighted by atomic mass is 9.81. The Labute approximate surface area is 201 Å². The largest absolute Gasteiger partial charge is 0.459 e. The Bertz CT molecular complexity index is 1090. The third kappa shape index (κ3) is 5.24. The Hall–Kier alpha value is -2.56. The summed E-state index contributed by atoms with van der Waals surface area (Å²) in [7, 11) is 0. The van der Waals surface area contributed by atoms with Gasteiger partial charge in [-0.2, -0.15) is 0 Å². The molecule has 0 bridgehead atoms. The van der Waals surface area contributed by atoms with Crippen molar-refractivity contribution in [3.63, 3.8) is 0 Å². The highest BCUT2D eigenvalue weighted by Crippen LogP contribution is 2.42. The molecule has 0 amide bonds. The molecule has 34 heavy (non-hydrogen) atoms. The maximum absolute atomic E-state index is 14.3. The van der Waals surface area contributed by atoms with Crippen LogP contribution in [0.1, 0.15) is 23.6 Å². The van der Waals surface area contributed by atoms with Gasteiger partial charge in [-0.1, -0.05) is 42.1 Å². The molecular weight excluding hydrogens is 498 g/mol. The van der Waals surface area contributed by atoms with Gasteiger partial charge in [-0.15, -0.1) is 0 Å². The molecule has 10 heteroatoms. The molecule has 3 aromatic carbocycles. The lowest BCUT2D eigenvalue weighted by molar-refractivity contribution is -0.0760. The average molecular weight is 517 g/mol. The molecule has 0 heterocycles. The van der Waals surface area contributed by atoms with Gasteiger partial charge in [0.05, 0.1) is 6.61 Å². The molecule has 0 aromatic heterocycles. The number of halogens is 6. The predicted molar refractivity (Wildman–Crippen MR) is 121 cm³/mol. The molecule has 0 N–H and O–H groups in total. The van der Waals surface area contributed by atoms with Gasteiger partial charge >= 0.3 is 0 Å². The van der Waals surface area contributed by atoms with Crippen molar-refractivity contribution in [2.24, 2.45) is 0 Å². The number of hydrogen-bond acceptors (Lipinski definition) is 4. The van der Waals surface area contributed by atoms with Crippen LogP contribution in [0.3, 0.4) is 0 Å². The van der Waals surface area contributed by atoms with Crippen LogP contribution < -0.4 is 0 Å². The number of ether oxygens (including phenoxy) is 2. The first-order valence-corrected chi connectivity index (χ1v) is 11.5. The van der Waals surface area contributed by atoms with Gasteiger partial charge < -0.3 is 9.47 Å². The van der Waals surface area contributed by atoms with Crippen LogP contribution in [0.4, 0.5) is 26.3 Å². The minimum atomic E-state index is -2.18. The van der Waals surface area contributed by atoms with Gasteiger partial charge in [0, 0.05) is 11.1 Å². The van der Waals surface area contributed by atoms with Crippen molar-refractivity contribution in [3.8, 4) is 0 Å². The summed E-state index contributed by atoms with van der Waals surface area (Å²) < 4.78 is 96.2. The molecule has 0 aliphatic rings. The van der Waals surface area contributed by atoms with Crippen LogP contribution in [0.2, 0.25) is 0 Å². The zero-order valence-corrected chi connectivity index (χ0v) is 19.5. The number of hydrogen-bond donors (Lipinski definition) is 0. The Kier molecular flexibility index (Phi) is 8.27. The quantitative estimate of drug-likeness (QED) is 0.191. The van der Waals surface area contributed by atoms with E-state index in [1.807, 2.05) is 0 Å². The molecule has 180 valence electrons. The molecule has 0 saturated heterocycles. The number of rotatable bonds is 7. The van der Waals surface area contributed by atoms with Gasteiger partial charge in [0.1, 0.15) is 6.10 Å². The van der Waals surface area contributed by atoms with E-state index in [9.17, 15) is 26.3 Å². The van der Waals surface area contributed by atoms with Gasteiger partial charge in [-0.25, -0.2) is 26.3 Å². The SMILES string of the molecule is CSC(=S)OC(c1cc(F)c(F)c(F)c1)(c1cc(F)c(F)c(F)c1)[C@H](C)OCc1ccccc1. The number of thiocarbonyl (C=S) groups is 1. The minimum absolute atomic E-state index is 0.0303. The van der Waals surface area contributed by atoms with E-state index in [1.54, 1.807) is 36.6 Å². The maximum atomic E-state index is 14.3. The van der Waals surface area contributed by atoms with Crippen LogP contribution in [0.15, 0.2) is 54.6 Å². The van der Waals surface area contributed by atoms with Gasteiger partial charge in [0.25, 0.3) is 0 Å². The summed E-state index contributed by atoms with van der Waals surface area (Å²) in [6, 6.07) is 11.2. The molecule has 3 rings (SSSR count). The van der Waals surface area contributed by atoms with Crippen molar-refractivity contribution in [2.45, 2.75) is 25.2 Å². The molecule has 2 nitrogen and oxygen atoms in total. The second-order valence-electron chi connectivity index (χ2n) is 7.24. The van der Waals surface area contributed by atoms with Crippen molar-refractivity contribution in [2.75, 3.05) is 6.26 Å². The van der Waals surface area contributed by atoms with Gasteiger partial charge in [-0.3, -0.25) is 0 Å². The fraction of sp³-hybridized carbons (Fsp3) is 0.208. The van der Waals surface area contributed by atoms with Crippen LogP contribution >= 0.6 is 24.0 Å². The van der Waals surface area contributed by atoms with E-state index in [2.05, 4.69) is 0 Å². The van der Waals surface area contributed by atoms with E-state index in [0.29, 0.717) is 29.8 Å². The zero-order chi connectivity index (χ0) is 25.0. The molecular formula is C24H18F6O2S2. The fourth-order valence-corrected chi connectivity index (χ4v) is 3.81. The second-order valence-corrected chi connectivity index (χ2v) is 8.65. The predicted octanol–water partition coefficient (Wildman–Crippen LogP) is 7.03. The summed E-state index contributed by atoms with van der Waals surface area (Å²) in [5, 5.41) is 0. The molecule has 0 radical (unpaired) electrons. The summed E-state index contributed by atoms with van der Waals surface area (Å²) in [6.45, 7) is 1.39. The topological polar surface area (TPSA) is 18.5 Å². The molecule has 0 unspecified atom stereocenters. The number of thioether (sulfide) groups is 1.